The molecular formula is C19H28ClN5O2. The zero-order valence-corrected chi connectivity index (χ0v) is 17.4. The maximum atomic E-state index is 12.2. The van der Waals surface area contributed by atoms with E-state index in [0.29, 0.717) is 18.2 Å². The Bertz CT molecular complexity index is 819. The molecule has 0 saturated carbocycles. The Labute approximate surface area is 165 Å². The van der Waals surface area contributed by atoms with Crippen LogP contribution >= 0.6 is 11.6 Å². The fourth-order valence-corrected chi connectivity index (χ4v) is 3.41. The number of nitrogens with zero attached hydrogens (tertiary/aromatic N) is 4. The lowest BCUT2D eigenvalue weighted by Crippen LogP contribution is -2.44. The van der Waals surface area contributed by atoms with Gasteiger partial charge in [-0.1, -0.05) is 11.6 Å². The minimum absolute atomic E-state index is 0.244. The Morgan fingerprint density at radius 2 is 2.00 bits per heavy atom. The molecule has 1 N–H and O–H groups in total. The molecule has 0 aliphatic carbocycles. The molecule has 0 radical (unpaired) electrons. The average molecular weight is 394 g/mol. The van der Waals surface area contributed by atoms with E-state index in [-0.39, 0.29) is 18.2 Å². The van der Waals surface area contributed by atoms with Gasteiger partial charge in [-0.2, -0.15) is 0 Å². The Hall–Kier alpha value is -2.02. The van der Waals surface area contributed by atoms with Gasteiger partial charge in [-0.25, -0.2) is 14.8 Å². The third kappa shape index (κ3) is 4.64. The molecule has 27 heavy (non-hydrogen) atoms. The number of amides is 1. The van der Waals surface area contributed by atoms with Crippen molar-refractivity contribution in [1.29, 1.82) is 0 Å². The van der Waals surface area contributed by atoms with Crippen LogP contribution < -0.4 is 5.32 Å². The van der Waals surface area contributed by atoms with Gasteiger partial charge >= 0.3 is 6.09 Å². The third-order valence-electron chi connectivity index (χ3n) is 4.56. The molecule has 1 amide bonds. The number of hydrogen-bond donors (Lipinski definition) is 1. The molecule has 0 bridgehead atoms. The highest BCUT2D eigenvalue weighted by molar-refractivity contribution is 6.30. The van der Waals surface area contributed by atoms with Gasteiger partial charge in [0.05, 0.1) is 12.0 Å². The molecule has 2 aromatic rings. The van der Waals surface area contributed by atoms with Gasteiger partial charge in [0.15, 0.2) is 5.65 Å². The van der Waals surface area contributed by atoms with E-state index in [1.54, 1.807) is 11.2 Å². The van der Waals surface area contributed by atoms with Gasteiger partial charge in [0.1, 0.15) is 16.3 Å². The third-order valence-corrected chi connectivity index (χ3v) is 4.76. The fraction of sp³-hybridized carbons (Fsp3) is 0.632. The number of imidazole rings is 1. The number of fused-ring (bicyclic) bond motifs is 1. The lowest BCUT2D eigenvalue weighted by molar-refractivity contribution is 0.0210. The van der Waals surface area contributed by atoms with Crippen LogP contribution in [0.1, 0.15) is 53.5 Å². The quantitative estimate of drug-likeness (QED) is 0.778. The molecule has 0 spiro atoms. The summed E-state index contributed by atoms with van der Waals surface area (Å²) in [6.07, 6.45) is 3.23. The number of anilines is 1. The maximum Gasteiger partial charge on any atom is 0.410 e. The summed E-state index contributed by atoms with van der Waals surface area (Å²) < 4.78 is 7.47. The average Bonchev–Trinajstić information content (AvgIpc) is 2.98. The summed E-state index contributed by atoms with van der Waals surface area (Å²) in [6, 6.07) is 2.32. The molecule has 3 heterocycles. The van der Waals surface area contributed by atoms with Crippen molar-refractivity contribution in [2.24, 2.45) is 0 Å². The Morgan fingerprint density at radius 3 is 2.59 bits per heavy atom. The molecule has 148 valence electrons. The molecule has 8 heteroatoms. The van der Waals surface area contributed by atoms with E-state index in [2.05, 4.69) is 29.1 Å². The standard InChI is InChI=1S/C19H28ClN5O2/c1-12(2)25-11-21-16-14(10-15(20)23-17(16)25)22-13-6-8-24(9-7-13)18(26)27-19(3,4)5/h10-13H,6-9H2,1-5H3,(H,22,23). The highest BCUT2D eigenvalue weighted by Crippen LogP contribution is 2.28. The van der Waals surface area contributed by atoms with E-state index in [0.717, 1.165) is 29.7 Å². The van der Waals surface area contributed by atoms with Crippen LogP contribution in [0, 0.1) is 0 Å². The van der Waals surface area contributed by atoms with Crippen LogP contribution in [0.5, 0.6) is 0 Å². The number of carbonyl (C=O) groups excluding carboxylic acids is 1. The van der Waals surface area contributed by atoms with Crippen LogP contribution in [0.2, 0.25) is 5.15 Å². The molecule has 7 nitrogen and oxygen atoms in total. The molecule has 0 aromatic carbocycles. The SMILES string of the molecule is CC(C)n1cnc2c(NC3CCN(C(=O)OC(C)(C)C)CC3)cc(Cl)nc21. The number of pyridine rings is 1. The second kappa shape index (κ2) is 7.54. The van der Waals surface area contributed by atoms with Crippen molar-refractivity contribution in [3.05, 3.63) is 17.5 Å². The highest BCUT2D eigenvalue weighted by atomic mass is 35.5. The van der Waals surface area contributed by atoms with Crippen molar-refractivity contribution >= 4 is 34.5 Å². The van der Waals surface area contributed by atoms with Crippen LogP contribution in [0.25, 0.3) is 11.2 Å². The van der Waals surface area contributed by atoms with Crippen LogP contribution in [-0.2, 0) is 4.74 Å². The second-order valence-electron chi connectivity index (χ2n) is 8.30. The second-order valence-corrected chi connectivity index (χ2v) is 8.68. The maximum absolute atomic E-state index is 12.2. The summed E-state index contributed by atoms with van der Waals surface area (Å²) in [6.45, 7) is 11.1. The molecule has 1 saturated heterocycles. The van der Waals surface area contributed by atoms with Crippen molar-refractivity contribution in [3.8, 4) is 0 Å². The lowest BCUT2D eigenvalue weighted by Gasteiger charge is -2.34. The minimum Gasteiger partial charge on any atom is -0.444 e. The van der Waals surface area contributed by atoms with Gasteiger partial charge in [-0.15, -0.1) is 0 Å². The molecule has 3 rings (SSSR count). The summed E-state index contributed by atoms with van der Waals surface area (Å²) >= 11 is 6.24. The summed E-state index contributed by atoms with van der Waals surface area (Å²) in [5.74, 6) is 0. The van der Waals surface area contributed by atoms with Crippen molar-refractivity contribution in [1.82, 2.24) is 19.4 Å². The van der Waals surface area contributed by atoms with Gasteiger partial charge in [0.2, 0.25) is 0 Å². The number of likely N-dealkylation sites (tertiary alicyclic amines) is 1. The number of piperidine rings is 1. The number of rotatable bonds is 3. The lowest BCUT2D eigenvalue weighted by atomic mass is 10.0. The molecular weight excluding hydrogens is 366 g/mol. The van der Waals surface area contributed by atoms with E-state index in [1.807, 2.05) is 31.4 Å². The Kier molecular flexibility index (Phi) is 5.51. The van der Waals surface area contributed by atoms with E-state index in [1.165, 1.54) is 0 Å². The van der Waals surface area contributed by atoms with E-state index in [4.69, 9.17) is 16.3 Å². The molecule has 1 aliphatic heterocycles. The number of nitrogens with one attached hydrogen (secondary N) is 1. The minimum atomic E-state index is -0.471. The molecule has 0 atom stereocenters. The van der Waals surface area contributed by atoms with Crippen LogP contribution in [-0.4, -0.2) is 50.3 Å². The monoisotopic (exact) mass is 393 g/mol. The van der Waals surface area contributed by atoms with Gasteiger partial charge in [0.25, 0.3) is 0 Å². The number of hydrogen-bond acceptors (Lipinski definition) is 5. The van der Waals surface area contributed by atoms with Gasteiger partial charge in [-0.3, -0.25) is 0 Å². The smallest absolute Gasteiger partial charge is 0.410 e. The first-order chi connectivity index (χ1) is 12.6. The predicted molar refractivity (Wildman–Crippen MR) is 107 cm³/mol. The molecule has 1 fully saturated rings. The molecule has 2 aromatic heterocycles. The van der Waals surface area contributed by atoms with Crippen LogP contribution in [0.15, 0.2) is 12.4 Å². The normalized spacial score (nSPS) is 16.2. The van der Waals surface area contributed by atoms with Crippen molar-refractivity contribution in [3.63, 3.8) is 0 Å². The van der Waals surface area contributed by atoms with Gasteiger partial charge in [0, 0.05) is 31.2 Å². The summed E-state index contributed by atoms with van der Waals surface area (Å²) in [4.78, 5) is 22.9. The van der Waals surface area contributed by atoms with Gasteiger partial charge in [-0.05, 0) is 47.5 Å². The zero-order chi connectivity index (χ0) is 19.8. The van der Waals surface area contributed by atoms with E-state index < -0.39 is 5.60 Å². The Balaban J connectivity index is 1.68. The van der Waals surface area contributed by atoms with E-state index >= 15 is 0 Å². The zero-order valence-electron chi connectivity index (χ0n) is 16.6. The first-order valence-electron chi connectivity index (χ1n) is 9.41. The number of aromatic nitrogens is 3. The fourth-order valence-electron chi connectivity index (χ4n) is 3.22. The largest absolute Gasteiger partial charge is 0.444 e. The number of carbonyl (C=O) groups is 1. The summed E-state index contributed by atoms with van der Waals surface area (Å²) in [5, 5.41) is 3.99. The summed E-state index contributed by atoms with van der Waals surface area (Å²) in [7, 11) is 0. The van der Waals surface area contributed by atoms with Crippen LogP contribution in [0.3, 0.4) is 0 Å². The topological polar surface area (TPSA) is 72.3 Å². The first kappa shape index (κ1) is 19.7. The molecule has 0 unspecified atom stereocenters. The van der Waals surface area contributed by atoms with Crippen molar-refractivity contribution < 1.29 is 9.53 Å². The number of halogens is 1. The predicted octanol–water partition coefficient (Wildman–Crippen LogP) is 4.48. The van der Waals surface area contributed by atoms with Crippen molar-refractivity contribution in [2.45, 2.75) is 65.1 Å². The van der Waals surface area contributed by atoms with E-state index in [9.17, 15) is 4.79 Å². The Morgan fingerprint density at radius 1 is 1.33 bits per heavy atom. The highest BCUT2D eigenvalue weighted by Gasteiger charge is 2.27. The van der Waals surface area contributed by atoms with Gasteiger partial charge < -0.3 is 19.5 Å². The molecule has 1 aliphatic rings. The van der Waals surface area contributed by atoms with Crippen molar-refractivity contribution in [2.75, 3.05) is 18.4 Å². The first-order valence-corrected chi connectivity index (χ1v) is 9.79. The number of ether oxygens (including phenoxy) is 1. The van der Waals surface area contributed by atoms with Crippen LogP contribution in [0.4, 0.5) is 10.5 Å². The summed E-state index contributed by atoms with van der Waals surface area (Å²) in [5.41, 5.74) is 2.02.